The second kappa shape index (κ2) is 6.07. The summed E-state index contributed by atoms with van der Waals surface area (Å²) >= 11 is 0. The minimum Gasteiger partial charge on any atom is -0.384 e. The highest BCUT2D eigenvalue weighted by Crippen LogP contribution is 2.30. The minimum absolute atomic E-state index is 0.445. The maximum atomic E-state index is 6.27. The molecule has 6 nitrogen and oxygen atoms in total. The number of hydrogen-bond acceptors (Lipinski definition) is 5. The van der Waals surface area contributed by atoms with E-state index in [9.17, 15) is 0 Å². The SMILES string of the molecule is Nc1cc(C2CCNCC2)nc2c(-c3cnc4ccccc4c3)cnn12. The molecule has 4 heterocycles. The first-order valence-electron chi connectivity index (χ1n) is 8.99. The fourth-order valence-corrected chi connectivity index (χ4v) is 3.75. The van der Waals surface area contributed by atoms with E-state index in [-0.39, 0.29) is 0 Å². The molecule has 1 saturated heterocycles. The third-order valence-corrected chi connectivity index (χ3v) is 5.18. The molecule has 130 valence electrons. The zero-order chi connectivity index (χ0) is 17.5. The van der Waals surface area contributed by atoms with Crippen molar-refractivity contribution in [2.45, 2.75) is 18.8 Å². The summed E-state index contributed by atoms with van der Waals surface area (Å²) in [4.78, 5) is 9.52. The van der Waals surface area contributed by atoms with Crippen LogP contribution in [0.3, 0.4) is 0 Å². The Balaban J connectivity index is 1.65. The Morgan fingerprint density at radius 2 is 1.92 bits per heavy atom. The van der Waals surface area contributed by atoms with Gasteiger partial charge in [-0.2, -0.15) is 9.61 Å². The molecule has 5 rings (SSSR count). The van der Waals surface area contributed by atoms with Gasteiger partial charge in [-0.1, -0.05) is 18.2 Å². The molecular formula is C20H20N6. The van der Waals surface area contributed by atoms with Crippen LogP contribution in [0, 0.1) is 0 Å². The zero-order valence-electron chi connectivity index (χ0n) is 14.4. The second-order valence-corrected chi connectivity index (χ2v) is 6.84. The average Bonchev–Trinajstić information content (AvgIpc) is 3.13. The average molecular weight is 344 g/mol. The van der Waals surface area contributed by atoms with Crippen LogP contribution in [0.5, 0.6) is 0 Å². The molecule has 1 aliphatic heterocycles. The van der Waals surface area contributed by atoms with Gasteiger partial charge in [0.05, 0.1) is 11.7 Å². The Kier molecular flexibility index (Phi) is 3.57. The van der Waals surface area contributed by atoms with Crippen molar-refractivity contribution in [3.05, 3.63) is 54.5 Å². The summed E-state index contributed by atoms with van der Waals surface area (Å²) in [7, 11) is 0. The molecule has 4 aromatic rings. The number of pyridine rings is 1. The first-order chi connectivity index (χ1) is 12.8. The number of hydrogen-bond donors (Lipinski definition) is 2. The summed E-state index contributed by atoms with van der Waals surface area (Å²) in [6, 6.07) is 12.2. The lowest BCUT2D eigenvalue weighted by atomic mass is 9.94. The van der Waals surface area contributed by atoms with Crippen LogP contribution < -0.4 is 11.1 Å². The minimum atomic E-state index is 0.445. The molecule has 0 unspecified atom stereocenters. The molecule has 0 bridgehead atoms. The van der Waals surface area contributed by atoms with Crippen LogP contribution in [0.15, 0.2) is 48.8 Å². The van der Waals surface area contributed by atoms with E-state index in [0.717, 1.165) is 59.3 Å². The summed E-state index contributed by atoms with van der Waals surface area (Å²) in [5.74, 6) is 1.07. The van der Waals surface area contributed by atoms with Gasteiger partial charge in [0.25, 0.3) is 0 Å². The Hall–Kier alpha value is -2.99. The van der Waals surface area contributed by atoms with Crippen LogP contribution >= 0.6 is 0 Å². The zero-order valence-corrected chi connectivity index (χ0v) is 14.4. The fourth-order valence-electron chi connectivity index (χ4n) is 3.75. The number of piperidine rings is 1. The van der Waals surface area contributed by atoms with Crippen molar-refractivity contribution in [1.82, 2.24) is 24.9 Å². The fraction of sp³-hybridized carbons (Fsp3) is 0.250. The van der Waals surface area contributed by atoms with Crippen molar-refractivity contribution in [3.8, 4) is 11.1 Å². The molecule has 26 heavy (non-hydrogen) atoms. The number of rotatable bonds is 2. The third-order valence-electron chi connectivity index (χ3n) is 5.18. The number of nitrogens with zero attached hydrogens (tertiary/aromatic N) is 4. The van der Waals surface area contributed by atoms with Crippen molar-refractivity contribution in [2.24, 2.45) is 0 Å². The molecule has 1 aromatic carbocycles. The predicted molar refractivity (Wildman–Crippen MR) is 103 cm³/mol. The highest BCUT2D eigenvalue weighted by Gasteiger charge is 2.20. The lowest BCUT2D eigenvalue weighted by Crippen LogP contribution is -2.27. The van der Waals surface area contributed by atoms with Gasteiger partial charge in [-0.25, -0.2) is 4.98 Å². The van der Waals surface area contributed by atoms with E-state index in [1.165, 1.54) is 0 Å². The molecule has 0 spiro atoms. The van der Waals surface area contributed by atoms with Gasteiger partial charge in [-0.15, -0.1) is 0 Å². The second-order valence-electron chi connectivity index (χ2n) is 6.84. The number of benzene rings is 1. The lowest BCUT2D eigenvalue weighted by molar-refractivity contribution is 0.453. The first-order valence-corrected chi connectivity index (χ1v) is 8.99. The number of fused-ring (bicyclic) bond motifs is 2. The van der Waals surface area contributed by atoms with Gasteiger partial charge < -0.3 is 11.1 Å². The molecule has 6 heteroatoms. The Labute approximate surface area is 151 Å². The van der Waals surface area contributed by atoms with Crippen molar-refractivity contribution in [3.63, 3.8) is 0 Å². The molecule has 0 amide bonds. The summed E-state index contributed by atoms with van der Waals surface area (Å²) in [6.45, 7) is 2.05. The number of para-hydroxylation sites is 1. The summed E-state index contributed by atoms with van der Waals surface area (Å²) in [5, 5.41) is 8.95. The number of nitrogen functional groups attached to an aromatic ring is 1. The van der Waals surface area contributed by atoms with Crippen LogP contribution in [0.1, 0.15) is 24.5 Å². The lowest BCUT2D eigenvalue weighted by Gasteiger charge is -2.22. The molecule has 1 fully saturated rings. The molecule has 0 saturated carbocycles. The van der Waals surface area contributed by atoms with E-state index in [1.807, 2.05) is 36.7 Å². The number of aromatic nitrogens is 4. The van der Waals surface area contributed by atoms with Crippen LogP contribution in [0.25, 0.3) is 27.7 Å². The smallest absolute Gasteiger partial charge is 0.165 e. The summed E-state index contributed by atoms with van der Waals surface area (Å²) in [6.07, 6.45) is 5.89. The topological polar surface area (TPSA) is 81.1 Å². The van der Waals surface area contributed by atoms with E-state index in [4.69, 9.17) is 10.7 Å². The van der Waals surface area contributed by atoms with Crippen LogP contribution in [-0.2, 0) is 0 Å². The van der Waals surface area contributed by atoms with E-state index in [0.29, 0.717) is 11.7 Å². The molecule has 3 N–H and O–H groups in total. The van der Waals surface area contributed by atoms with Gasteiger partial charge >= 0.3 is 0 Å². The molecule has 1 aliphatic rings. The van der Waals surface area contributed by atoms with Gasteiger partial charge in [0.1, 0.15) is 5.82 Å². The number of nitrogens with two attached hydrogens (primary N) is 1. The van der Waals surface area contributed by atoms with E-state index < -0.39 is 0 Å². The Bertz CT molecular complexity index is 1090. The van der Waals surface area contributed by atoms with Crippen LogP contribution in [0.2, 0.25) is 0 Å². The number of nitrogens with one attached hydrogen (secondary N) is 1. The molecule has 0 aliphatic carbocycles. The Morgan fingerprint density at radius 1 is 1.08 bits per heavy atom. The van der Waals surface area contributed by atoms with Crippen molar-refractivity contribution >= 4 is 22.4 Å². The highest BCUT2D eigenvalue weighted by atomic mass is 15.3. The molecule has 0 atom stereocenters. The van der Waals surface area contributed by atoms with Crippen molar-refractivity contribution in [2.75, 3.05) is 18.8 Å². The standard InChI is InChI=1S/C20H20N6/c21-19-10-18(13-5-7-22-8-6-13)25-20-16(12-24-26(19)20)15-9-14-3-1-2-4-17(14)23-11-15/h1-4,9-13,22H,5-8,21H2. The maximum absolute atomic E-state index is 6.27. The number of anilines is 1. The van der Waals surface area contributed by atoms with E-state index in [2.05, 4.69) is 27.5 Å². The summed E-state index contributed by atoms with van der Waals surface area (Å²) < 4.78 is 1.72. The quantitative estimate of drug-likeness (QED) is 0.584. The predicted octanol–water partition coefficient (Wildman–Crippen LogP) is 2.99. The third kappa shape index (κ3) is 2.50. The normalized spacial score (nSPS) is 15.7. The van der Waals surface area contributed by atoms with Gasteiger partial charge in [-0.3, -0.25) is 4.98 Å². The van der Waals surface area contributed by atoms with E-state index >= 15 is 0 Å². The van der Waals surface area contributed by atoms with Crippen LogP contribution in [0.4, 0.5) is 5.82 Å². The molecular weight excluding hydrogens is 324 g/mol. The molecule has 0 radical (unpaired) electrons. The van der Waals surface area contributed by atoms with Gasteiger partial charge in [-0.05, 0) is 38.1 Å². The first kappa shape index (κ1) is 15.3. The summed E-state index contributed by atoms with van der Waals surface area (Å²) in [5.41, 5.74) is 11.1. The monoisotopic (exact) mass is 344 g/mol. The van der Waals surface area contributed by atoms with E-state index in [1.54, 1.807) is 4.52 Å². The highest BCUT2D eigenvalue weighted by molar-refractivity contribution is 5.86. The van der Waals surface area contributed by atoms with Crippen LogP contribution in [-0.4, -0.2) is 32.7 Å². The van der Waals surface area contributed by atoms with Gasteiger partial charge in [0.2, 0.25) is 0 Å². The van der Waals surface area contributed by atoms with Crippen molar-refractivity contribution in [1.29, 1.82) is 0 Å². The van der Waals surface area contributed by atoms with Crippen molar-refractivity contribution < 1.29 is 0 Å². The molecule has 3 aromatic heterocycles. The largest absolute Gasteiger partial charge is 0.384 e. The van der Waals surface area contributed by atoms with Gasteiger partial charge in [0, 0.05) is 40.4 Å². The van der Waals surface area contributed by atoms with Gasteiger partial charge in [0.15, 0.2) is 5.65 Å². The maximum Gasteiger partial charge on any atom is 0.165 e. The Morgan fingerprint density at radius 3 is 2.81 bits per heavy atom.